The minimum atomic E-state index is -0.953. The van der Waals surface area contributed by atoms with Crippen LogP contribution in [-0.2, 0) is 10.8 Å². The van der Waals surface area contributed by atoms with Crippen molar-refractivity contribution in [3.8, 4) is 0 Å². The first-order valence-electron chi connectivity index (χ1n) is 5.75. The molecular weight excluding hydrogens is 223 g/mol. The van der Waals surface area contributed by atoms with E-state index in [9.17, 15) is 8.60 Å². The quantitative estimate of drug-likeness (QED) is 0.787. The fraction of sp³-hybridized carbons (Fsp3) is 0.538. The Morgan fingerprint density at radius 2 is 2.12 bits per heavy atom. The lowest BCUT2D eigenvalue weighted by Gasteiger charge is -2.09. The normalized spacial score (nSPS) is 17.8. The number of benzene rings is 1. The lowest BCUT2D eigenvalue weighted by atomic mass is 10.0. The number of rotatable bonds is 4. The average molecular weight is 240 g/mol. The SMILES string of the molecule is CC(C)c1cc(S(=O)CC2CC2)ccc1F. The van der Waals surface area contributed by atoms with E-state index in [4.69, 9.17) is 0 Å². The maximum absolute atomic E-state index is 13.5. The van der Waals surface area contributed by atoms with E-state index in [1.807, 2.05) is 13.8 Å². The topological polar surface area (TPSA) is 17.1 Å². The van der Waals surface area contributed by atoms with Gasteiger partial charge >= 0.3 is 0 Å². The lowest BCUT2D eigenvalue weighted by molar-refractivity contribution is 0.596. The summed E-state index contributed by atoms with van der Waals surface area (Å²) in [6, 6.07) is 4.85. The molecule has 0 aromatic heterocycles. The summed E-state index contributed by atoms with van der Waals surface area (Å²) in [6.45, 7) is 3.90. The molecule has 1 aliphatic rings. The molecule has 0 bridgehead atoms. The molecule has 1 saturated carbocycles. The van der Waals surface area contributed by atoms with Crippen molar-refractivity contribution in [2.24, 2.45) is 5.92 Å². The van der Waals surface area contributed by atoms with E-state index in [1.165, 1.54) is 18.9 Å². The first-order valence-corrected chi connectivity index (χ1v) is 7.07. The summed E-state index contributed by atoms with van der Waals surface area (Å²) in [5.41, 5.74) is 0.668. The van der Waals surface area contributed by atoms with E-state index in [1.54, 1.807) is 12.1 Å². The van der Waals surface area contributed by atoms with Gasteiger partial charge in [0, 0.05) is 10.6 Å². The second-order valence-corrected chi connectivity index (χ2v) is 6.29. The Morgan fingerprint density at radius 3 is 2.69 bits per heavy atom. The monoisotopic (exact) mass is 240 g/mol. The lowest BCUT2D eigenvalue weighted by Crippen LogP contribution is -2.02. The molecule has 0 radical (unpaired) electrons. The summed E-state index contributed by atoms with van der Waals surface area (Å²) in [6.07, 6.45) is 2.40. The maximum atomic E-state index is 13.5. The van der Waals surface area contributed by atoms with Gasteiger partial charge in [-0.15, -0.1) is 0 Å². The van der Waals surface area contributed by atoms with Crippen molar-refractivity contribution in [2.75, 3.05) is 5.75 Å². The molecule has 1 fully saturated rings. The van der Waals surface area contributed by atoms with Gasteiger partial charge in [-0.1, -0.05) is 13.8 Å². The molecule has 0 aliphatic heterocycles. The molecule has 1 unspecified atom stereocenters. The van der Waals surface area contributed by atoms with Crippen LogP contribution in [0.4, 0.5) is 4.39 Å². The molecule has 3 heteroatoms. The molecule has 0 amide bonds. The second kappa shape index (κ2) is 4.66. The summed E-state index contributed by atoms with van der Waals surface area (Å²) >= 11 is 0. The molecule has 88 valence electrons. The minimum Gasteiger partial charge on any atom is -0.254 e. The third-order valence-electron chi connectivity index (χ3n) is 2.94. The molecule has 1 aliphatic carbocycles. The van der Waals surface area contributed by atoms with Crippen LogP contribution in [0, 0.1) is 11.7 Å². The molecule has 2 rings (SSSR count). The van der Waals surface area contributed by atoms with E-state index in [0.717, 1.165) is 10.6 Å². The van der Waals surface area contributed by atoms with Gasteiger partial charge in [0.1, 0.15) is 5.82 Å². The molecule has 16 heavy (non-hydrogen) atoms. The van der Waals surface area contributed by atoms with Crippen LogP contribution in [0.2, 0.25) is 0 Å². The van der Waals surface area contributed by atoms with Gasteiger partial charge < -0.3 is 0 Å². The van der Waals surface area contributed by atoms with Crippen molar-refractivity contribution in [3.05, 3.63) is 29.6 Å². The van der Waals surface area contributed by atoms with E-state index in [2.05, 4.69) is 0 Å². The van der Waals surface area contributed by atoms with Crippen LogP contribution >= 0.6 is 0 Å². The standard InChI is InChI=1S/C13H17FOS/c1-9(2)12-7-11(5-6-13(12)14)16(15)8-10-3-4-10/h5-7,9-10H,3-4,8H2,1-2H3. The molecule has 0 saturated heterocycles. The van der Waals surface area contributed by atoms with Gasteiger partial charge in [-0.2, -0.15) is 0 Å². The zero-order valence-electron chi connectivity index (χ0n) is 9.70. The summed E-state index contributed by atoms with van der Waals surface area (Å²) in [7, 11) is -0.953. The highest BCUT2D eigenvalue weighted by atomic mass is 32.2. The number of hydrogen-bond acceptors (Lipinski definition) is 1. The zero-order chi connectivity index (χ0) is 11.7. The number of halogens is 1. The first-order chi connectivity index (χ1) is 7.58. The summed E-state index contributed by atoms with van der Waals surface area (Å²) < 4.78 is 25.4. The van der Waals surface area contributed by atoms with E-state index in [-0.39, 0.29) is 11.7 Å². The van der Waals surface area contributed by atoms with Gasteiger partial charge in [0.15, 0.2) is 0 Å². The Hall–Kier alpha value is -0.700. The van der Waals surface area contributed by atoms with E-state index in [0.29, 0.717) is 11.5 Å². The third-order valence-corrected chi connectivity index (χ3v) is 4.49. The molecular formula is C13H17FOS. The van der Waals surface area contributed by atoms with Crippen LogP contribution in [0.5, 0.6) is 0 Å². The molecule has 1 aromatic rings. The predicted molar refractivity (Wildman–Crippen MR) is 64.5 cm³/mol. The third kappa shape index (κ3) is 2.70. The van der Waals surface area contributed by atoms with Crippen LogP contribution in [0.25, 0.3) is 0 Å². The highest BCUT2D eigenvalue weighted by Crippen LogP contribution is 2.31. The molecule has 0 N–H and O–H groups in total. The minimum absolute atomic E-state index is 0.137. The Morgan fingerprint density at radius 1 is 1.44 bits per heavy atom. The van der Waals surface area contributed by atoms with Crippen molar-refractivity contribution in [2.45, 2.75) is 37.5 Å². The Kier molecular flexibility index (Phi) is 3.43. The average Bonchev–Trinajstić information content (AvgIpc) is 3.01. The van der Waals surface area contributed by atoms with Crippen LogP contribution in [0.1, 0.15) is 38.2 Å². The largest absolute Gasteiger partial charge is 0.254 e. The van der Waals surface area contributed by atoms with Crippen LogP contribution in [0.3, 0.4) is 0 Å². The highest BCUT2D eigenvalue weighted by molar-refractivity contribution is 7.85. The van der Waals surface area contributed by atoms with E-state index < -0.39 is 10.8 Å². The van der Waals surface area contributed by atoms with Gasteiger partial charge in [0.05, 0.1) is 10.8 Å². The smallest absolute Gasteiger partial charge is 0.126 e. The van der Waals surface area contributed by atoms with Crippen LogP contribution in [0.15, 0.2) is 23.1 Å². The van der Waals surface area contributed by atoms with Crippen molar-refractivity contribution in [1.82, 2.24) is 0 Å². The number of hydrogen-bond donors (Lipinski definition) is 0. The van der Waals surface area contributed by atoms with Gasteiger partial charge in [-0.05, 0) is 48.4 Å². The van der Waals surface area contributed by atoms with Gasteiger partial charge in [0.25, 0.3) is 0 Å². The van der Waals surface area contributed by atoms with Gasteiger partial charge in [-0.25, -0.2) is 4.39 Å². The first kappa shape index (κ1) is 11.8. The van der Waals surface area contributed by atoms with Crippen molar-refractivity contribution in [1.29, 1.82) is 0 Å². The Balaban J connectivity index is 2.20. The Labute approximate surface area is 98.5 Å². The predicted octanol–water partition coefficient (Wildman–Crippen LogP) is 3.47. The second-order valence-electron chi connectivity index (χ2n) is 4.79. The Bertz CT molecular complexity index is 410. The molecule has 1 nitrogen and oxygen atoms in total. The maximum Gasteiger partial charge on any atom is 0.126 e. The zero-order valence-corrected chi connectivity index (χ0v) is 10.5. The van der Waals surface area contributed by atoms with Gasteiger partial charge in [-0.3, -0.25) is 4.21 Å². The summed E-state index contributed by atoms with van der Waals surface area (Å²) in [5.74, 6) is 1.32. The molecule has 0 spiro atoms. The summed E-state index contributed by atoms with van der Waals surface area (Å²) in [5, 5.41) is 0. The summed E-state index contributed by atoms with van der Waals surface area (Å²) in [4.78, 5) is 0.775. The fourth-order valence-electron chi connectivity index (χ4n) is 1.70. The van der Waals surface area contributed by atoms with E-state index >= 15 is 0 Å². The molecule has 1 atom stereocenters. The van der Waals surface area contributed by atoms with Crippen LogP contribution < -0.4 is 0 Å². The van der Waals surface area contributed by atoms with Gasteiger partial charge in [0.2, 0.25) is 0 Å². The van der Waals surface area contributed by atoms with Crippen molar-refractivity contribution >= 4 is 10.8 Å². The molecule has 1 aromatic carbocycles. The van der Waals surface area contributed by atoms with Crippen LogP contribution in [-0.4, -0.2) is 9.96 Å². The molecule has 0 heterocycles. The van der Waals surface area contributed by atoms with Crippen molar-refractivity contribution < 1.29 is 8.60 Å². The highest BCUT2D eigenvalue weighted by Gasteiger charge is 2.24. The van der Waals surface area contributed by atoms with Crippen molar-refractivity contribution in [3.63, 3.8) is 0 Å². The fourth-order valence-corrected chi connectivity index (χ4v) is 3.13.